The van der Waals surface area contributed by atoms with Crippen LogP contribution in [0.1, 0.15) is 80.0 Å². The first kappa shape index (κ1) is 31.2. The Hall–Kier alpha value is -3.72. The van der Waals surface area contributed by atoms with Gasteiger partial charge in [0.2, 0.25) is 17.7 Å². The molecule has 0 aromatic heterocycles. The summed E-state index contributed by atoms with van der Waals surface area (Å²) in [5, 5.41) is 12.1. The summed E-state index contributed by atoms with van der Waals surface area (Å²) < 4.78 is 0. The molecule has 1 aliphatic carbocycles. The third kappa shape index (κ3) is 7.18. The highest BCUT2D eigenvalue weighted by Crippen LogP contribution is 2.31. The first-order chi connectivity index (χ1) is 19.9. The number of rotatable bonds is 8. The van der Waals surface area contributed by atoms with Gasteiger partial charge in [-0.1, -0.05) is 62.7 Å². The van der Waals surface area contributed by atoms with E-state index < -0.39 is 29.6 Å². The van der Waals surface area contributed by atoms with Gasteiger partial charge in [0, 0.05) is 18.2 Å². The number of amides is 4. The molecule has 0 unspecified atom stereocenters. The van der Waals surface area contributed by atoms with E-state index >= 15 is 0 Å². The molecule has 42 heavy (non-hydrogen) atoms. The second kappa shape index (κ2) is 13.1. The smallest absolute Gasteiger partial charge is 0.251 e. The van der Waals surface area contributed by atoms with Crippen LogP contribution in [0, 0.1) is 12.3 Å². The number of likely N-dealkylation sites (tertiary alicyclic amines) is 1. The van der Waals surface area contributed by atoms with Crippen LogP contribution in [0.5, 0.6) is 0 Å². The molecule has 2 aromatic rings. The molecule has 0 bridgehead atoms. The third-order valence-corrected chi connectivity index (χ3v) is 8.45. The fourth-order valence-corrected chi connectivity index (χ4v) is 5.79. The van der Waals surface area contributed by atoms with Gasteiger partial charge in [0.05, 0.1) is 12.1 Å². The van der Waals surface area contributed by atoms with E-state index in [-0.39, 0.29) is 42.6 Å². The standard InChI is InChI=1S/C33H45N5O4/c1-20-14-16-23(17-15-20)30(40)35-24-18-27(31(41)36-26-13-9-11-22-10-7-8-12-25(22)26)38(19-24)32(42)28(33(3,4)5)37-29(39)21(2)34-6/h7-8,10,12,14-17,21,24,26-28,34H,9,11,13,18-19H2,1-6H3,(H,35,40)(H,36,41)(H,37,39)/t21-,24-,26+,27-,28+/m0/s1. The van der Waals surface area contributed by atoms with Crippen LogP contribution >= 0.6 is 0 Å². The minimum absolute atomic E-state index is 0.143. The number of hydrogen-bond acceptors (Lipinski definition) is 5. The molecule has 0 saturated carbocycles. The van der Waals surface area contributed by atoms with Gasteiger partial charge in [-0.05, 0) is 75.3 Å². The lowest BCUT2D eigenvalue weighted by Gasteiger charge is -2.36. The summed E-state index contributed by atoms with van der Waals surface area (Å²) in [6.07, 6.45) is 3.04. The number of hydrogen-bond donors (Lipinski definition) is 4. The predicted molar refractivity (Wildman–Crippen MR) is 163 cm³/mol. The topological polar surface area (TPSA) is 120 Å². The normalized spacial score (nSPS) is 21.6. The highest BCUT2D eigenvalue weighted by Gasteiger charge is 2.46. The van der Waals surface area contributed by atoms with Crippen molar-refractivity contribution in [3.63, 3.8) is 0 Å². The summed E-state index contributed by atoms with van der Waals surface area (Å²) in [7, 11) is 1.68. The molecule has 1 saturated heterocycles. The molecule has 4 N–H and O–H groups in total. The molecule has 9 heteroatoms. The summed E-state index contributed by atoms with van der Waals surface area (Å²) in [5.74, 6) is -1.14. The van der Waals surface area contributed by atoms with Crippen molar-refractivity contribution in [2.45, 2.75) is 90.5 Å². The number of nitrogens with zero attached hydrogens (tertiary/aromatic N) is 1. The summed E-state index contributed by atoms with van der Waals surface area (Å²) in [6, 6.07) is 12.7. The van der Waals surface area contributed by atoms with Crippen LogP contribution in [-0.2, 0) is 20.8 Å². The lowest BCUT2D eigenvalue weighted by molar-refractivity contribution is -0.144. The Bertz CT molecular complexity index is 1300. The second-order valence-corrected chi connectivity index (χ2v) is 12.7. The van der Waals surface area contributed by atoms with Crippen LogP contribution in [0.3, 0.4) is 0 Å². The molecule has 9 nitrogen and oxygen atoms in total. The molecule has 226 valence electrons. The molecule has 1 fully saturated rings. The van der Waals surface area contributed by atoms with Crippen LogP contribution in [0.15, 0.2) is 48.5 Å². The van der Waals surface area contributed by atoms with E-state index in [1.165, 1.54) is 5.56 Å². The predicted octanol–water partition coefficient (Wildman–Crippen LogP) is 3.03. The van der Waals surface area contributed by atoms with E-state index in [4.69, 9.17) is 0 Å². The zero-order valence-corrected chi connectivity index (χ0v) is 25.6. The Balaban J connectivity index is 1.59. The molecule has 1 aliphatic heterocycles. The Morgan fingerprint density at radius 1 is 0.976 bits per heavy atom. The second-order valence-electron chi connectivity index (χ2n) is 12.7. The zero-order valence-electron chi connectivity index (χ0n) is 25.6. The van der Waals surface area contributed by atoms with Crippen LogP contribution in [0.2, 0.25) is 0 Å². The van der Waals surface area contributed by atoms with Gasteiger partial charge < -0.3 is 26.2 Å². The van der Waals surface area contributed by atoms with Crippen molar-refractivity contribution in [2.75, 3.05) is 13.6 Å². The SMILES string of the molecule is CN[C@@H](C)C(=O)N[C@H](C(=O)N1C[C@@H](NC(=O)c2ccc(C)cc2)C[C@H]1C(=O)N[C@@H]1CCCc2ccccc21)C(C)(C)C. The van der Waals surface area contributed by atoms with Crippen molar-refractivity contribution in [1.29, 1.82) is 0 Å². The van der Waals surface area contributed by atoms with Crippen molar-refractivity contribution < 1.29 is 19.2 Å². The van der Waals surface area contributed by atoms with Gasteiger partial charge in [-0.15, -0.1) is 0 Å². The van der Waals surface area contributed by atoms with E-state index in [2.05, 4.69) is 33.4 Å². The molecule has 2 aromatic carbocycles. The monoisotopic (exact) mass is 575 g/mol. The van der Waals surface area contributed by atoms with Gasteiger partial charge in [-0.3, -0.25) is 19.2 Å². The van der Waals surface area contributed by atoms with E-state index in [1.54, 1.807) is 31.0 Å². The first-order valence-corrected chi connectivity index (χ1v) is 14.9. The number of carbonyl (C=O) groups is 4. The number of aryl methyl sites for hydroxylation is 2. The molecule has 1 heterocycles. The van der Waals surface area contributed by atoms with Crippen molar-refractivity contribution in [3.8, 4) is 0 Å². The Labute approximate surface area is 249 Å². The fraction of sp³-hybridized carbons (Fsp3) is 0.515. The maximum Gasteiger partial charge on any atom is 0.251 e. The molecule has 4 amide bonds. The van der Waals surface area contributed by atoms with E-state index in [0.717, 1.165) is 30.4 Å². The highest BCUT2D eigenvalue weighted by molar-refractivity contribution is 5.96. The lowest BCUT2D eigenvalue weighted by atomic mass is 9.85. The van der Waals surface area contributed by atoms with E-state index in [1.807, 2.05) is 52.0 Å². The molecular formula is C33H45N5O4. The quantitative estimate of drug-likeness (QED) is 0.386. The van der Waals surface area contributed by atoms with Gasteiger partial charge >= 0.3 is 0 Å². The Kier molecular flexibility index (Phi) is 9.71. The molecule has 2 aliphatic rings. The van der Waals surface area contributed by atoms with Gasteiger partial charge in [0.1, 0.15) is 12.1 Å². The average molecular weight is 576 g/mol. The van der Waals surface area contributed by atoms with Crippen molar-refractivity contribution in [2.24, 2.45) is 5.41 Å². The summed E-state index contributed by atoms with van der Waals surface area (Å²) in [5.41, 5.74) is 3.29. The molecule has 4 rings (SSSR count). The molecule has 0 radical (unpaired) electrons. The lowest BCUT2D eigenvalue weighted by Crippen LogP contribution is -2.59. The van der Waals surface area contributed by atoms with Gasteiger partial charge in [-0.25, -0.2) is 0 Å². The van der Waals surface area contributed by atoms with E-state index in [0.29, 0.717) is 5.56 Å². The number of nitrogens with one attached hydrogen (secondary N) is 4. The largest absolute Gasteiger partial charge is 0.347 e. The van der Waals surface area contributed by atoms with Gasteiger partial charge in [0.25, 0.3) is 5.91 Å². The molecule has 0 spiro atoms. The maximum absolute atomic E-state index is 14.2. The number of carbonyl (C=O) groups excluding carboxylic acids is 4. The van der Waals surface area contributed by atoms with Crippen molar-refractivity contribution in [3.05, 3.63) is 70.8 Å². The van der Waals surface area contributed by atoms with Crippen molar-refractivity contribution in [1.82, 2.24) is 26.2 Å². The zero-order chi connectivity index (χ0) is 30.6. The minimum Gasteiger partial charge on any atom is -0.347 e. The van der Waals surface area contributed by atoms with Crippen LogP contribution in [0.25, 0.3) is 0 Å². The van der Waals surface area contributed by atoms with Gasteiger partial charge in [0.15, 0.2) is 0 Å². The number of benzene rings is 2. The Morgan fingerprint density at radius 3 is 2.33 bits per heavy atom. The Morgan fingerprint density at radius 2 is 1.67 bits per heavy atom. The number of fused-ring (bicyclic) bond motifs is 1. The van der Waals surface area contributed by atoms with E-state index in [9.17, 15) is 19.2 Å². The van der Waals surface area contributed by atoms with Crippen molar-refractivity contribution >= 4 is 23.6 Å². The summed E-state index contributed by atoms with van der Waals surface area (Å²) in [4.78, 5) is 55.6. The first-order valence-electron chi connectivity index (χ1n) is 14.9. The molecular weight excluding hydrogens is 530 g/mol. The fourth-order valence-electron chi connectivity index (χ4n) is 5.79. The summed E-state index contributed by atoms with van der Waals surface area (Å²) >= 11 is 0. The maximum atomic E-state index is 14.2. The van der Waals surface area contributed by atoms with Gasteiger partial charge in [-0.2, -0.15) is 0 Å². The highest BCUT2D eigenvalue weighted by atomic mass is 16.2. The molecule has 5 atom stereocenters. The third-order valence-electron chi connectivity index (χ3n) is 8.45. The summed E-state index contributed by atoms with van der Waals surface area (Å²) in [6.45, 7) is 9.52. The van der Waals surface area contributed by atoms with Crippen LogP contribution in [-0.4, -0.2) is 66.3 Å². The van der Waals surface area contributed by atoms with Crippen LogP contribution in [0.4, 0.5) is 0 Å². The van der Waals surface area contributed by atoms with Crippen LogP contribution < -0.4 is 21.3 Å². The number of likely N-dealkylation sites (N-methyl/N-ethyl adjacent to an activating group) is 1. The minimum atomic E-state index is -0.863. The average Bonchev–Trinajstić information content (AvgIpc) is 3.38.